The standard InChI is InChI=1S/C17H25N/c1-8-15(18-17(5,6)7)13-9-11-14(12-10-13)16(2,3)4/h1,9-12,15,18H,2-7H3/t15-/m1/s1. The van der Waals surface area contributed by atoms with Crippen LogP contribution in [0.15, 0.2) is 24.3 Å². The molecule has 1 aromatic carbocycles. The van der Waals surface area contributed by atoms with Crippen molar-refractivity contribution in [2.75, 3.05) is 0 Å². The van der Waals surface area contributed by atoms with Crippen molar-refractivity contribution in [3.8, 4) is 12.3 Å². The average molecular weight is 243 g/mol. The molecule has 0 aliphatic rings. The monoisotopic (exact) mass is 243 g/mol. The Morgan fingerprint density at radius 3 is 1.83 bits per heavy atom. The Morgan fingerprint density at radius 1 is 1.00 bits per heavy atom. The van der Waals surface area contributed by atoms with Gasteiger partial charge in [-0.05, 0) is 37.3 Å². The van der Waals surface area contributed by atoms with Crippen molar-refractivity contribution in [2.45, 2.75) is 58.5 Å². The van der Waals surface area contributed by atoms with Crippen LogP contribution in [0.2, 0.25) is 0 Å². The number of nitrogens with one attached hydrogen (secondary N) is 1. The first-order valence-electron chi connectivity index (χ1n) is 6.48. The molecule has 0 aliphatic carbocycles. The van der Waals surface area contributed by atoms with Gasteiger partial charge in [-0.15, -0.1) is 6.42 Å². The molecule has 0 radical (unpaired) electrons. The van der Waals surface area contributed by atoms with Crippen LogP contribution in [0.5, 0.6) is 0 Å². The molecule has 98 valence electrons. The second kappa shape index (κ2) is 5.16. The molecule has 1 N–H and O–H groups in total. The number of rotatable bonds is 2. The van der Waals surface area contributed by atoms with E-state index in [4.69, 9.17) is 6.42 Å². The molecule has 0 saturated heterocycles. The summed E-state index contributed by atoms with van der Waals surface area (Å²) in [6.45, 7) is 13.0. The fraction of sp³-hybridized carbons (Fsp3) is 0.529. The highest BCUT2D eigenvalue weighted by atomic mass is 15.0. The van der Waals surface area contributed by atoms with Crippen molar-refractivity contribution in [3.63, 3.8) is 0 Å². The number of benzene rings is 1. The van der Waals surface area contributed by atoms with Crippen molar-refractivity contribution < 1.29 is 0 Å². The molecular weight excluding hydrogens is 218 g/mol. The fourth-order valence-electron chi connectivity index (χ4n) is 1.83. The molecule has 1 atom stereocenters. The molecule has 0 bridgehead atoms. The summed E-state index contributed by atoms with van der Waals surface area (Å²) in [6.07, 6.45) is 5.62. The molecule has 18 heavy (non-hydrogen) atoms. The summed E-state index contributed by atoms with van der Waals surface area (Å²) in [5, 5.41) is 3.44. The second-order valence-electron chi connectivity index (χ2n) is 6.87. The van der Waals surface area contributed by atoms with Gasteiger partial charge in [0.1, 0.15) is 0 Å². The normalized spacial score (nSPS) is 14.1. The third kappa shape index (κ3) is 4.20. The molecule has 1 heteroatoms. The maximum Gasteiger partial charge on any atom is 0.0947 e. The SMILES string of the molecule is C#C[C@@H](NC(C)(C)C)c1ccc(C(C)(C)C)cc1. The summed E-state index contributed by atoms with van der Waals surface area (Å²) in [6, 6.07) is 8.57. The van der Waals surface area contributed by atoms with E-state index in [0.717, 1.165) is 5.56 Å². The minimum absolute atomic E-state index is 0.0136. The van der Waals surface area contributed by atoms with Crippen LogP contribution in [0.1, 0.15) is 58.7 Å². The van der Waals surface area contributed by atoms with Crippen molar-refractivity contribution in [1.82, 2.24) is 5.32 Å². The Kier molecular flexibility index (Phi) is 4.24. The molecule has 1 rings (SSSR count). The third-order valence-corrected chi connectivity index (χ3v) is 2.85. The van der Waals surface area contributed by atoms with Gasteiger partial charge in [-0.1, -0.05) is 51.0 Å². The van der Waals surface area contributed by atoms with Crippen LogP contribution in [0, 0.1) is 12.3 Å². The maximum atomic E-state index is 5.62. The smallest absolute Gasteiger partial charge is 0.0947 e. The van der Waals surface area contributed by atoms with E-state index >= 15 is 0 Å². The van der Waals surface area contributed by atoms with Gasteiger partial charge in [0.2, 0.25) is 0 Å². The molecule has 0 spiro atoms. The zero-order chi connectivity index (χ0) is 14.0. The lowest BCUT2D eigenvalue weighted by molar-refractivity contribution is 0.402. The van der Waals surface area contributed by atoms with E-state index in [1.807, 2.05) is 0 Å². The molecular formula is C17H25N. The quantitative estimate of drug-likeness (QED) is 0.773. The molecule has 0 amide bonds. The van der Waals surface area contributed by atoms with E-state index < -0.39 is 0 Å². The highest BCUT2D eigenvalue weighted by Crippen LogP contribution is 2.24. The number of hydrogen-bond acceptors (Lipinski definition) is 1. The molecule has 0 fully saturated rings. The van der Waals surface area contributed by atoms with Crippen molar-refractivity contribution >= 4 is 0 Å². The van der Waals surface area contributed by atoms with Crippen molar-refractivity contribution in [1.29, 1.82) is 0 Å². The molecule has 1 nitrogen and oxygen atoms in total. The molecule has 0 heterocycles. The summed E-state index contributed by atoms with van der Waals surface area (Å²) >= 11 is 0. The van der Waals surface area contributed by atoms with E-state index in [0.29, 0.717) is 0 Å². The van der Waals surface area contributed by atoms with Gasteiger partial charge in [0.25, 0.3) is 0 Å². The van der Waals surface area contributed by atoms with Gasteiger partial charge >= 0.3 is 0 Å². The minimum atomic E-state index is -0.0287. The Labute approximate surface area is 112 Å². The molecule has 0 aromatic heterocycles. The lowest BCUT2D eigenvalue weighted by Crippen LogP contribution is -2.38. The molecule has 0 unspecified atom stereocenters. The third-order valence-electron chi connectivity index (χ3n) is 2.85. The maximum absolute atomic E-state index is 5.62. The van der Waals surface area contributed by atoms with Crippen LogP contribution >= 0.6 is 0 Å². The Morgan fingerprint density at radius 2 is 1.50 bits per heavy atom. The first-order chi connectivity index (χ1) is 8.13. The van der Waals surface area contributed by atoms with E-state index in [9.17, 15) is 0 Å². The fourth-order valence-corrected chi connectivity index (χ4v) is 1.83. The average Bonchev–Trinajstić information content (AvgIpc) is 2.24. The molecule has 0 aliphatic heterocycles. The molecule has 1 aromatic rings. The lowest BCUT2D eigenvalue weighted by Gasteiger charge is -2.26. The summed E-state index contributed by atoms with van der Waals surface area (Å²) in [5.41, 5.74) is 2.68. The number of terminal acetylenes is 1. The Bertz CT molecular complexity index is 421. The first kappa shape index (κ1) is 14.8. The minimum Gasteiger partial charge on any atom is -0.295 e. The van der Waals surface area contributed by atoms with Gasteiger partial charge in [-0.2, -0.15) is 0 Å². The first-order valence-corrected chi connectivity index (χ1v) is 6.48. The predicted octanol–water partition coefficient (Wildman–Crippen LogP) is 4.05. The zero-order valence-corrected chi connectivity index (χ0v) is 12.5. The predicted molar refractivity (Wildman–Crippen MR) is 79.6 cm³/mol. The van der Waals surface area contributed by atoms with Gasteiger partial charge in [0, 0.05) is 5.54 Å². The van der Waals surface area contributed by atoms with Crippen molar-refractivity contribution in [2.24, 2.45) is 0 Å². The summed E-state index contributed by atoms with van der Waals surface area (Å²) in [5.74, 6) is 2.82. The van der Waals surface area contributed by atoms with Gasteiger partial charge in [0.05, 0.1) is 6.04 Å². The molecule has 0 saturated carbocycles. The summed E-state index contributed by atoms with van der Waals surface area (Å²) in [7, 11) is 0. The van der Waals surface area contributed by atoms with Gasteiger partial charge in [-0.25, -0.2) is 0 Å². The van der Waals surface area contributed by atoms with Crippen LogP contribution in [-0.4, -0.2) is 5.54 Å². The van der Waals surface area contributed by atoms with E-state index in [-0.39, 0.29) is 17.0 Å². The largest absolute Gasteiger partial charge is 0.295 e. The van der Waals surface area contributed by atoms with E-state index in [1.54, 1.807) is 0 Å². The van der Waals surface area contributed by atoms with Crippen LogP contribution in [0.4, 0.5) is 0 Å². The zero-order valence-electron chi connectivity index (χ0n) is 12.5. The highest BCUT2D eigenvalue weighted by molar-refractivity contribution is 5.32. The van der Waals surface area contributed by atoms with Gasteiger partial charge in [-0.3, -0.25) is 5.32 Å². The Balaban J connectivity index is 2.94. The lowest BCUT2D eigenvalue weighted by atomic mass is 9.86. The van der Waals surface area contributed by atoms with Crippen molar-refractivity contribution in [3.05, 3.63) is 35.4 Å². The topological polar surface area (TPSA) is 12.0 Å². The van der Waals surface area contributed by atoms with Gasteiger partial charge in [0.15, 0.2) is 0 Å². The van der Waals surface area contributed by atoms with E-state index in [1.165, 1.54) is 5.56 Å². The number of hydrogen-bond donors (Lipinski definition) is 1. The van der Waals surface area contributed by atoms with Crippen LogP contribution in [0.25, 0.3) is 0 Å². The van der Waals surface area contributed by atoms with Crippen LogP contribution in [0.3, 0.4) is 0 Å². The highest BCUT2D eigenvalue weighted by Gasteiger charge is 2.18. The summed E-state index contributed by atoms with van der Waals surface area (Å²) < 4.78 is 0. The van der Waals surface area contributed by atoms with Crippen LogP contribution < -0.4 is 5.32 Å². The summed E-state index contributed by atoms with van der Waals surface area (Å²) in [4.78, 5) is 0. The van der Waals surface area contributed by atoms with Gasteiger partial charge < -0.3 is 0 Å². The van der Waals surface area contributed by atoms with Crippen LogP contribution in [-0.2, 0) is 5.41 Å². The van der Waals surface area contributed by atoms with E-state index in [2.05, 4.69) is 77.0 Å². The Hall–Kier alpha value is -1.26. The second-order valence-corrected chi connectivity index (χ2v) is 6.87.